The van der Waals surface area contributed by atoms with Crippen LogP contribution in [0.3, 0.4) is 0 Å². The molecule has 0 atom stereocenters. The summed E-state index contributed by atoms with van der Waals surface area (Å²) in [7, 11) is -3.99. The van der Waals surface area contributed by atoms with Crippen molar-refractivity contribution < 1.29 is 32.1 Å². The van der Waals surface area contributed by atoms with Crippen molar-refractivity contribution in [2.24, 2.45) is 0 Å². The Kier molecular flexibility index (Phi) is 7.06. The van der Waals surface area contributed by atoms with Crippen LogP contribution in [0.15, 0.2) is 53.4 Å². The van der Waals surface area contributed by atoms with E-state index in [-0.39, 0.29) is 47.7 Å². The normalized spacial score (nSPS) is 11.0. The van der Waals surface area contributed by atoms with Gasteiger partial charge in [-0.1, -0.05) is 17.7 Å². The van der Waals surface area contributed by atoms with Crippen LogP contribution >= 0.6 is 0 Å². The molecule has 0 bridgehead atoms. The van der Waals surface area contributed by atoms with Crippen molar-refractivity contribution >= 4 is 27.7 Å². The number of benzene rings is 2. The van der Waals surface area contributed by atoms with Crippen LogP contribution in [0.4, 0.5) is 0 Å². The van der Waals surface area contributed by atoms with Crippen molar-refractivity contribution in [3.63, 3.8) is 0 Å². The van der Waals surface area contributed by atoms with Crippen LogP contribution in [0, 0.1) is 6.92 Å². The molecule has 0 aliphatic carbocycles. The van der Waals surface area contributed by atoms with E-state index in [0.717, 1.165) is 5.56 Å². The van der Waals surface area contributed by atoms with Gasteiger partial charge in [-0.2, -0.15) is 8.42 Å². The Bertz CT molecular complexity index is 959. The lowest BCUT2D eigenvalue weighted by molar-refractivity contribution is -0.137. The zero-order valence-corrected chi connectivity index (χ0v) is 16.1. The Labute approximate surface area is 163 Å². The summed E-state index contributed by atoms with van der Waals surface area (Å²) in [5, 5.41) is 8.54. The highest BCUT2D eigenvalue weighted by molar-refractivity contribution is 7.87. The highest BCUT2D eigenvalue weighted by Crippen LogP contribution is 2.20. The van der Waals surface area contributed by atoms with Gasteiger partial charge in [0.15, 0.2) is 5.78 Å². The maximum Gasteiger partial charge on any atom is 0.339 e. The molecule has 2 aromatic rings. The van der Waals surface area contributed by atoms with Crippen molar-refractivity contribution in [3.05, 3.63) is 59.7 Å². The van der Waals surface area contributed by atoms with Gasteiger partial charge in [-0.15, -0.1) is 0 Å². The van der Waals surface area contributed by atoms with Gasteiger partial charge in [0, 0.05) is 18.4 Å². The van der Waals surface area contributed by atoms with Gasteiger partial charge in [0.05, 0.1) is 6.42 Å². The molecule has 0 aliphatic rings. The summed E-state index contributed by atoms with van der Waals surface area (Å²) in [5.41, 5.74) is 1.16. The maximum atomic E-state index is 12.2. The number of aryl methyl sites for hydroxylation is 1. The van der Waals surface area contributed by atoms with Crippen LogP contribution in [-0.4, -0.2) is 31.1 Å². The van der Waals surface area contributed by atoms with Gasteiger partial charge < -0.3 is 9.29 Å². The first-order valence-corrected chi connectivity index (χ1v) is 9.96. The number of aliphatic carboxylic acids is 1. The highest BCUT2D eigenvalue weighted by atomic mass is 32.2. The summed E-state index contributed by atoms with van der Waals surface area (Å²) in [4.78, 5) is 34.3. The molecular weight excluding hydrogens is 384 g/mol. The van der Waals surface area contributed by atoms with Gasteiger partial charge in [-0.25, -0.2) is 0 Å². The number of carbonyl (C=O) groups is 3. The van der Waals surface area contributed by atoms with Gasteiger partial charge in [0.1, 0.15) is 16.4 Å². The van der Waals surface area contributed by atoms with E-state index < -0.39 is 21.9 Å². The highest BCUT2D eigenvalue weighted by Gasteiger charge is 2.17. The van der Waals surface area contributed by atoms with Crippen LogP contribution in [-0.2, 0) is 19.7 Å². The molecule has 0 aliphatic heterocycles. The maximum absolute atomic E-state index is 12.2. The minimum atomic E-state index is -3.99. The first kappa shape index (κ1) is 21.3. The Morgan fingerprint density at radius 1 is 0.929 bits per heavy atom. The van der Waals surface area contributed by atoms with Gasteiger partial charge in [0.2, 0.25) is 0 Å². The zero-order chi connectivity index (χ0) is 20.7. The second kappa shape index (κ2) is 9.27. The van der Waals surface area contributed by atoms with E-state index in [1.165, 1.54) is 36.4 Å². The average molecular weight is 404 g/mol. The lowest BCUT2D eigenvalue weighted by Crippen LogP contribution is -2.11. The number of carbonyl (C=O) groups excluding carboxylic acids is 2. The molecule has 0 heterocycles. The third kappa shape index (κ3) is 6.31. The molecule has 0 aromatic heterocycles. The van der Waals surface area contributed by atoms with Crippen molar-refractivity contribution in [3.8, 4) is 5.75 Å². The zero-order valence-electron chi connectivity index (χ0n) is 15.3. The molecule has 28 heavy (non-hydrogen) atoms. The first-order valence-electron chi connectivity index (χ1n) is 8.55. The third-order valence-electron chi connectivity index (χ3n) is 3.90. The number of ketones is 2. The van der Waals surface area contributed by atoms with Crippen molar-refractivity contribution in [1.29, 1.82) is 0 Å². The molecule has 7 nitrogen and oxygen atoms in total. The number of carboxylic acid groups (broad SMARTS) is 1. The SMILES string of the molecule is Cc1ccc(S(=O)(=O)Oc2ccc(C(=O)CC(=O)CCCC(=O)O)cc2)cc1. The standard InChI is InChI=1S/C20H20O7S/c1-14-5-11-18(12-6-14)28(25,26)27-17-9-7-15(8-10-17)19(22)13-16(21)3-2-4-20(23)24/h5-12H,2-4,13H2,1H3,(H,23,24). The summed E-state index contributed by atoms with van der Waals surface area (Å²) in [6, 6.07) is 11.6. The summed E-state index contributed by atoms with van der Waals surface area (Å²) >= 11 is 0. The van der Waals surface area contributed by atoms with Crippen molar-refractivity contribution in [2.75, 3.05) is 0 Å². The summed E-state index contributed by atoms with van der Waals surface area (Å²) in [5.74, 6) is -1.71. The van der Waals surface area contributed by atoms with E-state index in [4.69, 9.17) is 9.29 Å². The smallest absolute Gasteiger partial charge is 0.339 e. The number of carboxylic acids is 1. The quantitative estimate of drug-likeness (QED) is 0.367. The summed E-state index contributed by atoms with van der Waals surface area (Å²) < 4.78 is 29.6. The molecule has 148 valence electrons. The predicted molar refractivity (Wildman–Crippen MR) is 101 cm³/mol. The molecule has 2 rings (SSSR count). The molecule has 0 spiro atoms. The van der Waals surface area contributed by atoms with Gasteiger partial charge >= 0.3 is 16.1 Å². The fourth-order valence-corrected chi connectivity index (χ4v) is 3.31. The average Bonchev–Trinajstić information content (AvgIpc) is 2.62. The molecule has 1 N–H and O–H groups in total. The second-order valence-corrected chi connectivity index (χ2v) is 7.81. The lowest BCUT2D eigenvalue weighted by Gasteiger charge is -2.08. The van der Waals surface area contributed by atoms with E-state index in [2.05, 4.69) is 0 Å². The van der Waals surface area contributed by atoms with E-state index in [0.29, 0.717) is 0 Å². The molecule has 0 saturated heterocycles. The molecule has 2 aromatic carbocycles. The lowest BCUT2D eigenvalue weighted by atomic mass is 10.0. The number of hydrogen-bond donors (Lipinski definition) is 1. The number of Topliss-reactive ketones (excluding diaryl/α,β-unsaturated/α-hetero) is 2. The monoisotopic (exact) mass is 404 g/mol. The minimum absolute atomic E-state index is 0.0187. The fourth-order valence-electron chi connectivity index (χ4n) is 2.38. The Hall–Kier alpha value is -3.00. The fraction of sp³-hybridized carbons (Fsp3) is 0.250. The predicted octanol–water partition coefficient (Wildman–Crippen LogP) is 3.16. The van der Waals surface area contributed by atoms with Crippen LogP contribution < -0.4 is 4.18 Å². The van der Waals surface area contributed by atoms with E-state index in [1.54, 1.807) is 12.1 Å². The van der Waals surface area contributed by atoms with Crippen LogP contribution in [0.25, 0.3) is 0 Å². The first-order chi connectivity index (χ1) is 13.2. The van der Waals surface area contributed by atoms with Crippen LogP contribution in [0.1, 0.15) is 41.6 Å². The Morgan fingerprint density at radius 2 is 1.54 bits per heavy atom. The second-order valence-electron chi connectivity index (χ2n) is 6.26. The molecule has 8 heteroatoms. The molecular formula is C20H20O7S. The topological polar surface area (TPSA) is 115 Å². The van der Waals surface area contributed by atoms with E-state index in [9.17, 15) is 22.8 Å². The number of hydrogen-bond acceptors (Lipinski definition) is 6. The van der Waals surface area contributed by atoms with Gasteiger partial charge in [0.25, 0.3) is 0 Å². The third-order valence-corrected chi connectivity index (χ3v) is 5.16. The number of rotatable bonds is 10. The molecule has 0 amide bonds. The van der Waals surface area contributed by atoms with Crippen LogP contribution in [0.2, 0.25) is 0 Å². The van der Waals surface area contributed by atoms with Gasteiger partial charge in [-0.05, 0) is 49.7 Å². The van der Waals surface area contributed by atoms with E-state index in [1.807, 2.05) is 6.92 Å². The summed E-state index contributed by atoms with van der Waals surface area (Å²) in [6.45, 7) is 1.84. The minimum Gasteiger partial charge on any atom is -0.481 e. The molecule has 0 unspecified atom stereocenters. The largest absolute Gasteiger partial charge is 0.481 e. The van der Waals surface area contributed by atoms with Gasteiger partial charge in [-0.3, -0.25) is 14.4 Å². The summed E-state index contributed by atoms with van der Waals surface area (Å²) in [6.07, 6.45) is -0.248. The Morgan fingerprint density at radius 3 is 2.11 bits per heavy atom. The van der Waals surface area contributed by atoms with Crippen molar-refractivity contribution in [1.82, 2.24) is 0 Å². The van der Waals surface area contributed by atoms with E-state index >= 15 is 0 Å². The Balaban J connectivity index is 1.97. The van der Waals surface area contributed by atoms with Crippen LogP contribution in [0.5, 0.6) is 5.75 Å². The van der Waals surface area contributed by atoms with Crippen molar-refractivity contribution in [2.45, 2.75) is 37.5 Å². The molecule has 0 saturated carbocycles. The molecule has 0 radical (unpaired) electrons. The molecule has 0 fully saturated rings.